The van der Waals surface area contributed by atoms with Gasteiger partial charge in [-0.25, -0.2) is 0 Å². The normalized spacial score (nSPS) is 27.5. The zero-order valence-electron chi connectivity index (χ0n) is 13.2. The van der Waals surface area contributed by atoms with Crippen LogP contribution in [0.2, 0.25) is 0 Å². The number of carbonyl (C=O) groups excluding carboxylic acids is 2. The lowest BCUT2D eigenvalue weighted by atomic mass is 10.1. The third-order valence-electron chi connectivity index (χ3n) is 5.20. The topological polar surface area (TPSA) is 49.4 Å². The van der Waals surface area contributed by atoms with E-state index >= 15 is 0 Å². The first-order chi connectivity index (χ1) is 11.3. The summed E-state index contributed by atoms with van der Waals surface area (Å²) in [7, 11) is 0. The van der Waals surface area contributed by atoms with E-state index in [1.807, 2.05) is 24.3 Å². The van der Waals surface area contributed by atoms with Crippen LogP contribution in [0.3, 0.4) is 0 Å². The maximum absolute atomic E-state index is 12.7. The minimum Gasteiger partial charge on any atom is -0.352 e. The summed E-state index contributed by atoms with van der Waals surface area (Å²) in [5.41, 5.74) is 1.82. The second kappa shape index (κ2) is 6.19. The summed E-state index contributed by atoms with van der Waals surface area (Å²) in [4.78, 5) is 27.2. The summed E-state index contributed by atoms with van der Waals surface area (Å²) >= 11 is 1.71. The molecule has 0 bridgehead atoms. The Bertz CT molecular complexity index is 625. The lowest BCUT2D eigenvalue weighted by molar-refractivity contribution is -0.125. The molecule has 1 saturated heterocycles. The van der Waals surface area contributed by atoms with E-state index in [2.05, 4.69) is 5.32 Å². The largest absolute Gasteiger partial charge is 0.352 e. The standard InChI is InChI=1S/C18H22N2O2S/c21-16(19-12-7-3-1-2-4-8-12)15-11-23-18-14-10-6-5-9-13(14)17(22)20(15)18/h5-6,9-10,12,15,18H,1-4,7-8,11H2,(H,19,21)/t15-,18-/m0/s1. The van der Waals surface area contributed by atoms with Gasteiger partial charge in [0.25, 0.3) is 5.91 Å². The van der Waals surface area contributed by atoms with Crippen LogP contribution < -0.4 is 5.32 Å². The second-order valence-electron chi connectivity index (χ2n) is 6.70. The smallest absolute Gasteiger partial charge is 0.256 e. The lowest BCUT2D eigenvalue weighted by Crippen LogP contribution is -2.48. The Morgan fingerprint density at radius 3 is 2.65 bits per heavy atom. The Labute approximate surface area is 141 Å². The van der Waals surface area contributed by atoms with Crippen molar-refractivity contribution in [3.8, 4) is 0 Å². The number of amides is 2. The van der Waals surface area contributed by atoms with Gasteiger partial charge < -0.3 is 10.2 Å². The van der Waals surface area contributed by atoms with E-state index in [1.165, 1.54) is 25.7 Å². The molecule has 1 saturated carbocycles. The monoisotopic (exact) mass is 330 g/mol. The molecule has 0 radical (unpaired) electrons. The number of rotatable bonds is 2. The van der Waals surface area contributed by atoms with Crippen molar-refractivity contribution in [2.45, 2.75) is 56.0 Å². The molecule has 4 nitrogen and oxygen atoms in total. The van der Waals surface area contributed by atoms with Crippen molar-refractivity contribution in [1.82, 2.24) is 10.2 Å². The van der Waals surface area contributed by atoms with Crippen LogP contribution in [0.5, 0.6) is 0 Å². The van der Waals surface area contributed by atoms with Gasteiger partial charge in [-0.3, -0.25) is 9.59 Å². The minimum atomic E-state index is -0.326. The molecule has 2 aliphatic heterocycles. The molecule has 2 fully saturated rings. The van der Waals surface area contributed by atoms with Crippen molar-refractivity contribution in [3.05, 3.63) is 35.4 Å². The van der Waals surface area contributed by atoms with E-state index in [9.17, 15) is 9.59 Å². The Morgan fingerprint density at radius 1 is 1.13 bits per heavy atom. The first kappa shape index (κ1) is 15.1. The van der Waals surface area contributed by atoms with Gasteiger partial charge in [0.15, 0.2) is 0 Å². The van der Waals surface area contributed by atoms with Crippen LogP contribution in [0.25, 0.3) is 0 Å². The SMILES string of the molecule is O=C(NC1CCCCCC1)[C@@H]1CS[C@H]2c3ccccc3C(=O)N12. The maximum atomic E-state index is 12.7. The molecule has 2 amide bonds. The van der Waals surface area contributed by atoms with Crippen molar-refractivity contribution in [2.24, 2.45) is 0 Å². The number of nitrogens with one attached hydrogen (secondary N) is 1. The quantitative estimate of drug-likeness (QED) is 0.848. The molecule has 1 N–H and O–H groups in total. The van der Waals surface area contributed by atoms with E-state index in [-0.39, 0.29) is 29.3 Å². The molecule has 5 heteroatoms. The van der Waals surface area contributed by atoms with Gasteiger partial charge in [0.2, 0.25) is 5.91 Å². The Balaban J connectivity index is 1.49. The number of fused-ring (bicyclic) bond motifs is 3. The average Bonchev–Trinajstić information content (AvgIpc) is 3.00. The van der Waals surface area contributed by atoms with Crippen LogP contribution in [0.4, 0.5) is 0 Å². The molecule has 122 valence electrons. The predicted octanol–water partition coefficient (Wildman–Crippen LogP) is 3.10. The minimum absolute atomic E-state index is 0.0108. The maximum Gasteiger partial charge on any atom is 0.256 e. The van der Waals surface area contributed by atoms with Gasteiger partial charge in [0.1, 0.15) is 11.4 Å². The van der Waals surface area contributed by atoms with Crippen LogP contribution in [0.1, 0.15) is 59.8 Å². The molecular weight excluding hydrogens is 308 g/mol. The first-order valence-electron chi connectivity index (χ1n) is 8.59. The number of hydrogen-bond acceptors (Lipinski definition) is 3. The van der Waals surface area contributed by atoms with Crippen molar-refractivity contribution < 1.29 is 9.59 Å². The van der Waals surface area contributed by atoms with Crippen LogP contribution in [-0.2, 0) is 4.79 Å². The van der Waals surface area contributed by atoms with E-state index in [0.717, 1.165) is 24.0 Å². The molecule has 1 aliphatic carbocycles. The fourth-order valence-electron chi connectivity index (χ4n) is 3.96. The molecular formula is C18H22N2O2S. The molecule has 4 rings (SSSR count). The molecule has 3 aliphatic rings. The van der Waals surface area contributed by atoms with Crippen LogP contribution in [0, 0.1) is 0 Å². The van der Waals surface area contributed by atoms with Crippen molar-refractivity contribution in [2.75, 3.05) is 5.75 Å². The highest BCUT2D eigenvalue weighted by atomic mass is 32.2. The Hall–Kier alpha value is -1.49. The summed E-state index contributed by atoms with van der Waals surface area (Å²) in [6, 6.07) is 7.70. The highest BCUT2D eigenvalue weighted by molar-refractivity contribution is 7.99. The third-order valence-corrected chi connectivity index (χ3v) is 6.50. The van der Waals surface area contributed by atoms with Gasteiger partial charge in [-0.05, 0) is 24.5 Å². The van der Waals surface area contributed by atoms with Crippen molar-refractivity contribution in [1.29, 1.82) is 0 Å². The fraction of sp³-hybridized carbons (Fsp3) is 0.556. The predicted molar refractivity (Wildman–Crippen MR) is 91.2 cm³/mol. The van der Waals surface area contributed by atoms with Crippen LogP contribution >= 0.6 is 11.8 Å². The number of benzene rings is 1. The molecule has 0 aromatic heterocycles. The zero-order valence-corrected chi connectivity index (χ0v) is 14.0. The third kappa shape index (κ3) is 2.65. The van der Waals surface area contributed by atoms with E-state index in [1.54, 1.807) is 16.7 Å². The molecule has 2 heterocycles. The molecule has 23 heavy (non-hydrogen) atoms. The van der Waals surface area contributed by atoms with Gasteiger partial charge in [-0.1, -0.05) is 43.9 Å². The molecule has 1 aromatic carbocycles. The fourth-order valence-corrected chi connectivity index (χ4v) is 5.43. The van der Waals surface area contributed by atoms with Crippen molar-refractivity contribution in [3.63, 3.8) is 0 Å². The van der Waals surface area contributed by atoms with E-state index < -0.39 is 0 Å². The second-order valence-corrected chi connectivity index (χ2v) is 7.81. The van der Waals surface area contributed by atoms with Crippen molar-refractivity contribution >= 4 is 23.6 Å². The van der Waals surface area contributed by atoms with Crippen LogP contribution in [-0.4, -0.2) is 34.6 Å². The summed E-state index contributed by atoms with van der Waals surface area (Å²) in [5.74, 6) is 0.744. The van der Waals surface area contributed by atoms with Gasteiger partial charge in [0.05, 0.1) is 0 Å². The summed E-state index contributed by atoms with van der Waals surface area (Å²) in [5, 5.41) is 3.23. The number of nitrogens with zero attached hydrogens (tertiary/aromatic N) is 1. The van der Waals surface area contributed by atoms with Gasteiger partial charge >= 0.3 is 0 Å². The van der Waals surface area contributed by atoms with Gasteiger partial charge in [-0.15, -0.1) is 11.8 Å². The Kier molecular flexibility index (Phi) is 4.05. The Morgan fingerprint density at radius 2 is 1.87 bits per heavy atom. The first-order valence-corrected chi connectivity index (χ1v) is 9.64. The molecule has 1 aromatic rings. The van der Waals surface area contributed by atoms with E-state index in [4.69, 9.17) is 0 Å². The molecule has 0 unspecified atom stereocenters. The highest BCUT2D eigenvalue weighted by Gasteiger charge is 2.48. The van der Waals surface area contributed by atoms with Gasteiger partial charge in [-0.2, -0.15) is 0 Å². The van der Waals surface area contributed by atoms with Crippen LogP contribution in [0.15, 0.2) is 24.3 Å². The average molecular weight is 330 g/mol. The lowest BCUT2D eigenvalue weighted by Gasteiger charge is -2.25. The van der Waals surface area contributed by atoms with Gasteiger partial charge in [0, 0.05) is 17.4 Å². The number of carbonyl (C=O) groups is 2. The molecule has 2 atom stereocenters. The molecule has 0 spiro atoms. The zero-order chi connectivity index (χ0) is 15.8. The number of thioether (sulfide) groups is 1. The summed E-state index contributed by atoms with van der Waals surface area (Å²) in [6.07, 6.45) is 7.08. The summed E-state index contributed by atoms with van der Waals surface area (Å²) in [6.45, 7) is 0. The highest BCUT2D eigenvalue weighted by Crippen LogP contribution is 2.48. The van der Waals surface area contributed by atoms with E-state index in [0.29, 0.717) is 5.75 Å². The number of hydrogen-bond donors (Lipinski definition) is 1. The summed E-state index contributed by atoms with van der Waals surface area (Å²) < 4.78 is 0.